The lowest BCUT2D eigenvalue weighted by molar-refractivity contribution is -0.115. The normalized spacial score (nSPS) is 26.8. The number of nitrogens with two attached hydrogens (primary N) is 1. The Bertz CT molecular complexity index is 617. The molecule has 124 valence electrons. The number of methoxy groups -OCH3 is 1. The Morgan fingerprint density at radius 2 is 2.00 bits per heavy atom. The number of rotatable bonds is 4. The predicted octanol–water partition coefficient (Wildman–Crippen LogP) is 1.39. The molecule has 2 aliphatic heterocycles. The summed E-state index contributed by atoms with van der Waals surface area (Å²) in [6, 6.07) is 6.26. The average molecular weight is 316 g/mol. The first kappa shape index (κ1) is 15.8. The van der Waals surface area contributed by atoms with Crippen molar-refractivity contribution in [1.29, 1.82) is 5.41 Å². The van der Waals surface area contributed by atoms with Crippen LogP contribution in [0.5, 0.6) is 5.75 Å². The van der Waals surface area contributed by atoms with Crippen LogP contribution < -0.4 is 15.8 Å². The van der Waals surface area contributed by atoms with Gasteiger partial charge in [-0.2, -0.15) is 0 Å². The summed E-state index contributed by atoms with van der Waals surface area (Å²) in [5.41, 5.74) is 6.63. The van der Waals surface area contributed by atoms with Gasteiger partial charge in [0, 0.05) is 29.4 Å². The molecular formula is C17H24N4O2. The Morgan fingerprint density at radius 3 is 2.61 bits per heavy atom. The number of nitrogens with zero attached hydrogens (tertiary/aromatic N) is 1. The van der Waals surface area contributed by atoms with E-state index < -0.39 is 0 Å². The monoisotopic (exact) mass is 316 g/mol. The minimum Gasteiger partial charge on any atom is -0.497 e. The fraction of sp³-hybridized carbons (Fsp3) is 0.529. The average Bonchev–Trinajstić information content (AvgIpc) is 2.76. The van der Waals surface area contributed by atoms with E-state index in [0.29, 0.717) is 29.1 Å². The summed E-state index contributed by atoms with van der Waals surface area (Å²) in [5.74, 6) is 0.225. The number of hydrogen-bond donors (Lipinski definition) is 3. The number of amides is 1. The van der Waals surface area contributed by atoms with Gasteiger partial charge in [0.05, 0.1) is 7.11 Å². The van der Waals surface area contributed by atoms with Crippen LogP contribution in [0.4, 0.5) is 5.69 Å². The van der Waals surface area contributed by atoms with E-state index in [4.69, 9.17) is 15.9 Å². The van der Waals surface area contributed by atoms with Gasteiger partial charge in [-0.1, -0.05) is 0 Å². The van der Waals surface area contributed by atoms with E-state index in [1.165, 1.54) is 12.8 Å². The van der Waals surface area contributed by atoms with Crippen LogP contribution in [-0.4, -0.2) is 48.8 Å². The van der Waals surface area contributed by atoms with Gasteiger partial charge >= 0.3 is 0 Å². The molecule has 2 atom stereocenters. The summed E-state index contributed by atoms with van der Waals surface area (Å²) in [4.78, 5) is 14.9. The van der Waals surface area contributed by atoms with Crippen LogP contribution in [0.1, 0.15) is 31.2 Å². The third kappa shape index (κ3) is 3.03. The molecule has 1 amide bonds. The zero-order valence-corrected chi connectivity index (χ0v) is 13.6. The van der Waals surface area contributed by atoms with Crippen molar-refractivity contribution in [2.75, 3.05) is 19.9 Å². The Morgan fingerprint density at radius 1 is 1.35 bits per heavy atom. The third-order valence-electron chi connectivity index (χ3n) is 5.19. The number of anilines is 1. The van der Waals surface area contributed by atoms with Crippen LogP contribution in [0.2, 0.25) is 0 Å². The number of nitrogen functional groups attached to an aromatic ring is 1. The van der Waals surface area contributed by atoms with Crippen molar-refractivity contribution in [3.63, 3.8) is 0 Å². The van der Waals surface area contributed by atoms with Gasteiger partial charge in [0.1, 0.15) is 11.5 Å². The highest BCUT2D eigenvalue weighted by Gasteiger charge is 2.39. The second-order valence-corrected chi connectivity index (χ2v) is 6.52. The van der Waals surface area contributed by atoms with Crippen molar-refractivity contribution in [1.82, 2.24) is 10.2 Å². The van der Waals surface area contributed by atoms with E-state index in [9.17, 15) is 4.79 Å². The number of carbonyl (C=O) groups excluding carboxylic acids is 1. The van der Waals surface area contributed by atoms with Crippen molar-refractivity contribution in [3.8, 4) is 5.75 Å². The van der Waals surface area contributed by atoms with E-state index >= 15 is 0 Å². The molecule has 4 N–H and O–H groups in total. The molecule has 3 rings (SSSR count). The summed E-state index contributed by atoms with van der Waals surface area (Å²) < 4.78 is 5.15. The largest absolute Gasteiger partial charge is 0.497 e. The van der Waals surface area contributed by atoms with Crippen LogP contribution in [-0.2, 0) is 4.79 Å². The highest BCUT2D eigenvalue weighted by Crippen LogP contribution is 2.34. The Kier molecular flexibility index (Phi) is 4.26. The molecular weight excluding hydrogens is 292 g/mol. The van der Waals surface area contributed by atoms with Gasteiger partial charge in [-0.15, -0.1) is 0 Å². The number of nitrogens with one attached hydrogen (secondary N) is 2. The quantitative estimate of drug-likeness (QED) is 0.578. The molecule has 2 bridgehead atoms. The first-order valence-corrected chi connectivity index (χ1v) is 8.04. The van der Waals surface area contributed by atoms with Crippen molar-refractivity contribution >= 4 is 17.3 Å². The highest BCUT2D eigenvalue weighted by atomic mass is 16.5. The first-order chi connectivity index (χ1) is 11.0. The molecule has 0 aromatic heterocycles. The minimum atomic E-state index is -0.362. The molecule has 0 radical (unpaired) electrons. The molecule has 23 heavy (non-hydrogen) atoms. The fourth-order valence-corrected chi connectivity index (χ4v) is 3.79. The molecule has 2 heterocycles. The standard InChI is InChI=1S/C17H24N4O2/c1-21-11-3-4-12(21)8-10(7-11)20-17(22)16(19)14-9-13(23-2)5-6-15(14)18/h5-6,9-12,19H,3-4,7-8,18H2,1-2H3,(H,20,22). The van der Waals surface area contributed by atoms with Gasteiger partial charge < -0.3 is 20.7 Å². The van der Waals surface area contributed by atoms with Crippen molar-refractivity contribution in [2.24, 2.45) is 0 Å². The van der Waals surface area contributed by atoms with Crippen LogP contribution in [0, 0.1) is 5.41 Å². The number of piperidine rings is 1. The number of hydrogen-bond acceptors (Lipinski definition) is 5. The van der Waals surface area contributed by atoms with Crippen LogP contribution >= 0.6 is 0 Å². The number of carbonyl (C=O) groups is 1. The zero-order chi connectivity index (χ0) is 16.6. The lowest BCUT2D eigenvalue weighted by Crippen LogP contribution is -2.50. The van der Waals surface area contributed by atoms with E-state index in [1.54, 1.807) is 25.3 Å². The summed E-state index contributed by atoms with van der Waals surface area (Å²) in [6.45, 7) is 0. The van der Waals surface area contributed by atoms with Crippen molar-refractivity contribution in [3.05, 3.63) is 23.8 Å². The van der Waals surface area contributed by atoms with Gasteiger partial charge in [0.2, 0.25) is 0 Å². The Hall–Kier alpha value is -2.08. The Balaban J connectivity index is 1.68. The van der Waals surface area contributed by atoms with Crippen LogP contribution in [0.3, 0.4) is 0 Å². The maximum Gasteiger partial charge on any atom is 0.270 e. The smallest absolute Gasteiger partial charge is 0.270 e. The molecule has 2 fully saturated rings. The maximum absolute atomic E-state index is 12.4. The first-order valence-electron chi connectivity index (χ1n) is 8.04. The maximum atomic E-state index is 12.4. The van der Waals surface area contributed by atoms with Gasteiger partial charge in [0.15, 0.2) is 0 Å². The minimum absolute atomic E-state index is 0.104. The second-order valence-electron chi connectivity index (χ2n) is 6.52. The zero-order valence-electron chi connectivity index (χ0n) is 13.6. The van der Waals surface area contributed by atoms with E-state index in [1.807, 2.05) is 0 Å². The van der Waals surface area contributed by atoms with Gasteiger partial charge in [-0.25, -0.2) is 0 Å². The third-order valence-corrected chi connectivity index (χ3v) is 5.19. The number of fused-ring (bicyclic) bond motifs is 2. The molecule has 6 heteroatoms. The summed E-state index contributed by atoms with van der Waals surface area (Å²) >= 11 is 0. The molecule has 2 saturated heterocycles. The lowest BCUT2D eigenvalue weighted by atomic mass is 9.97. The molecule has 0 aliphatic carbocycles. The SMILES string of the molecule is COc1ccc(N)c(C(=N)C(=O)NC2CC3CCC(C2)N3C)c1. The van der Waals surface area contributed by atoms with Crippen LogP contribution in [0.15, 0.2) is 18.2 Å². The molecule has 2 aliphatic rings. The molecule has 1 aromatic carbocycles. The number of benzene rings is 1. The molecule has 0 saturated carbocycles. The highest BCUT2D eigenvalue weighted by molar-refractivity contribution is 6.45. The topological polar surface area (TPSA) is 91.4 Å². The number of ether oxygens (including phenoxy) is 1. The van der Waals surface area contributed by atoms with E-state index in [0.717, 1.165) is 12.8 Å². The van der Waals surface area contributed by atoms with Gasteiger partial charge in [-0.05, 0) is 50.9 Å². The molecule has 6 nitrogen and oxygen atoms in total. The summed E-state index contributed by atoms with van der Waals surface area (Å²) in [5, 5.41) is 11.2. The Labute approximate surface area is 136 Å². The fourth-order valence-electron chi connectivity index (χ4n) is 3.79. The van der Waals surface area contributed by atoms with Gasteiger partial charge in [0.25, 0.3) is 5.91 Å². The summed E-state index contributed by atoms with van der Waals surface area (Å²) in [7, 11) is 3.71. The van der Waals surface area contributed by atoms with Crippen molar-refractivity contribution < 1.29 is 9.53 Å². The molecule has 1 aromatic rings. The van der Waals surface area contributed by atoms with Crippen molar-refractivity contribution in [2.45, 2.75) is 43.8 Å². The molecule has 0 spiro atoms. The molecule has 2 unspecified atom stereocenters. The van der Waals surface area contributed by atoms with E-state index in [-0.39, 0.29) is 17.7 Å². The van der Waals surface area contributed by atoms with Crippen LogP contribution in [0.25, 0.3) is 0 Å². The lowest BCUT2D eigenvalue weighted by Gasteiger charge is -2.36. The summed E-state index contributed by atoms with van der Waals surface area (Å²) in [6.07, 6.45) is 4.32. The second kappa shape index (κ2) is 6.20. The predicted molar refractivity (Wildman–Crippen MR) is 90.0 cm³/mol. The van der Waals surface area contributed by atoms with Gasteiger partial charge in [-0.3, -0.25) is 10.2 Å². The van der Waals surface area contributed by atoms with E-state index in [2.05, 4.69) is 17.3 Å².